The first-order valence-electron chi connectivity index (χ1n) is 9.71. The van der Waals surface area contributed by atoms with E-state index in [9.17, 15) is 13.2 Å². The van der Waals surface area contributed by atoms with Gasteiger partial charge < -0.3 is 9.72 Å². The molecule has 0 saturated carbocycles. The van der Waals surface area contributed by atoms with Crippen molar-refractivity contribution in [1.82, 2.24) is 4.98 Å². The lowest BCUT2D eigenvalue weighted by Gasteiger charge is -2.22. The maximum atomic E-state index is 13.6. The summed E-state index contributed by atoms with van der Waals surface area (Å²) in [6, 6.07) is 14.1. The fourth-order valence-corrected chi connectivity index (χ4v) is 5.27. The number of carbonyl (C=O) groups excluding carboxylic acids is 1. The van der Waals surface area contributed by atoms with Gasteiger partial charge in [0.25, 0.3) is 0 Å². The van der Waals surface area contributed by atoms with E-state index in [0.717, 1.165) is 17.4 Å². The molecule has 1 heterocycles. The van der Waals surface area contributed by atoms with Crippen molar-refractivity contribution in [2.75, 3.05) is 0 Å². The average molecular weight is 446 g/mol. The summed E-state index contributed by atoms with van der Waals surface area (Å²) >= 11 is 6.05. The number of fused-ring (bicyclic) bond motifs is 1. The van der Waals surface area contributed by atoms with Gasteiger partial charge in [-0.3, -0.25) is 4.79 Å². The normalized spacial score (nSPS) is 13.7. The number of aryl methyl sites for hydroxylation is 1. The Kier molecular flexibility index (Phi) is 6.68. The zero-order valence-corrected chi connectivity index (χ0v) is 18.5. The molecular formula is C23H24ClNO4S. The molecule has 0 spiro atoms. The number of H-pyrrole nitrogens is 1. The van der Waals surface area contributed by atoms with Gasteiger partial charge in [0.05, 0.1) is 5.69 Å². The van der Waals surface area contributed by atoms with Gasteiger partial charge in [-0.05, 0) is 41.8 Å². The van der Waals surface area contributed by atoms with E-state index in [0.29, 0.717) is 16.1 Å². The second kappa shape index (κ2) is 9.06. The molecule has 2 unspecified atom stereocenters. The first-order chi connectivity index (χ1) is 14.3. The number of nitrogens with one attached hydrogen (secondary N) is 1. The summed E-state index contributed by atoms with van der Waals surface area (Å²) in [7, 11) is -4.03. The number of ether oxygens (including phenoxy) is 1. The van der Waals surface area contributed by atoms with E-state index < -0.39 is 26.5 Å². The van der Waals surface area contributed by atoms with Crippen LogP contribution in [0.2, 0.25) is 5.02 Å². The SMILES string of the molecule is C=CC(c1ccc(CC)cc1)S(=O)(=O)C(OC(=O)CC)c1cc2cc(Cl)ccc2[nH]1. The maximum absolute atomic E-state index is 13.6. The Morgan fingerprint density at radius 1 is 1.17 bits per heavy atom. The number of aromatic nitrogens is 1. The summed E-state index contributed by atoms with van der Waals surface area (Å²) in [5, 5.41) is 0.221. The third kappa shape index (κ3) is 4.45. The molecule has 3 rings (SSSR count). The number of hydrogen-bond acceptors (Lipinski definition) is 4. The topological polar surface area (TPSA) is 76.2 Å². The van der Waals surface area contributed by atoms with Crippen LogP contribution in [0.25, 0.3) is 10.9 Å². The number of esters is 1. The van der Waals surface area contributed by atoms with Crippen LogP contribution in [0.5, 0.6) is 0 Å². The van der Waals surface area contributed by atoms with Crippen LogP contribution in [0.1, 0.15) is 47.8 Å². The molecule has 0 aliphatic rings. The molecule has 2 aromatic carbocycles. The Labute approximate surface area is 181 Å². The highest BCUT2D eigenvalue weighted by molar-refractivity contribution is 7.91. The highest BCUT2D eigenvalue weighted by atomic mass is 35.5. The van der Waals surface area contributed by atoms with Crippen molar-refractivity contribution in [1.29, 1.82) is 0 Å². The average Bonchev–Trinajstić information content (AvgIpc) is 3.15. The smallest absolute Gasteiger partial charge is 0.307 e. The van der Waals surface area contributed by atoms with Crippen LogP contribution in [0.4, 0.5) is 0 Å². The van der Waals surface area contributed by atoms with Gasteiger partial charge in [-0.25, -0.2) is 8.42 Å². The molecule has 5 nitrogen and oxygen atoms in total. The highest BCUT2D eigenvalue weighted by Gasteiger charge is 2.38. The number of rotatable bonds is 8. The van der Waals surface area contributed by atoms with E-state index in [1.165, 1.54) is 6.08 Å². The Balaban J connectivity index is 2.09. The number of benzene rings is 2. The van der Waals surface area contributed by atoms with E-state index in [1.54, 1.807) is 43.3 Å². The van der Waals surface area contributed by atoms with Crippen LogP contribution in [-0.4, -0.2) is 19.4 Å². The van der Waals surface area contributed by atoms with Gasteiger partial charge in [-0.1, -0.05) is 55.8 Å². The third-order valence-corrected chi connectivity index (χ3v) is 7.32. The van der Waals surface area contributed by atoms with Gasteiger partial charge in [0.1, 0.15) is 5.25 Å². The molecule has 30 heavy (non-hydrogen) atoms. The van der Waals surface area contributed by atoms with E-state index >= 15 is 0 Å². The van der Waals surface area contributed by atoms with Crippen LogP contribution >= 0.6 is 11.6 Å². The lowest BCUT2D eigenvalue weighted by atomic mass is 10.1. The molecule has 0 saturated heterocycles. The van der Waals surface area contributed by atoms with E-state index in [-0.39, 0.29) is 12.1 Å². The van der Waals surface area contributed by atoms with Crippen molar-refractivity contribution < 1.29 is 17.9 Å². The minimum absolute atomic E-state index is 0.0576. The fraction of sp³-hybridized carbons (Fsp3) is 0.261. The van der Waals surface area contributed by atoms with Crippen LogP contribution in [0, 0.1) is 0 Å². The molecule has 1 N–H and O–H groups in total. The number of halogens is 1. The lowest BCUT2D eigenvalue weighted by molar-refractivity contribution is -0.145. The summed E-state index contributed by atoms with van der Waals surface area (Å²) < 4.78 is 32.7. The largest absolute Gasteiger partial charge is 0.439 e. The minimum atomic E-state index is -4.03. The summed E-state index contributed by atoms with van der Waals surface area (Å²) in [6.45, 7) is 7.37. The predicted molar refractivity (Wildman–Crippen MR) is 120 cm³/mol. The van der Waals surface area contributed by atoms with Gasteiger partial charge in [0.15, 0.2) is 0 Å². The maximum Gasteiger partial charge on any atom is 0.307 e. The second-order valence-electron chi connectivity index (χ2n) is 6.97. The van der Waals surface area contributed by atoms with Crippen molar-refractivity contribution in [2.45, 2.75) is 37.4 Å². The van der Waals surface area contributed by atoms with Gasteiger partial charge >= 0.3 is 5.97 Å². The number of hydrogen-bond donors (Lipinski definition) is 1. The Hall–Kier alpha value is -2.57. The Morgan fingerprint density at radius 2 is 1.87 bits per heavy atom. The fourth-order valence-electron chi connectivity index (χ4n) is 3.30. The van der Waals surface area contributed by atoms with Crippen LogP contribution in [0.15, 0.2) is 61.2 Å². The van der Waals surface area contributed by atoms with Crippen LogP contribution in [-0.2, 0) is 25.8 Å². The van der Waals surface area contributed by atoms with Gasteiger partial charge in [-0.15, -0.1) is 6.58 Å². The molecule has 3 aromatic rings. The van der Waals surface area contributed by atoms with E-state index in [4.69, 9.17) is 16.3 Å². The van der Waals surface area contributed by atoms with E-state index in [1.807, 2.05) is 19.1 Å². The predicted octanol–water partition coefficient (Wildman–Crippen LogP) is 5.68. The molecule has 0 radical (unpaired) electrons. The number of sulfone groups is 1. The molecular weight excluding hydrogens is 422 g/mol. The molecule has 7 heteroatoms. The summed E-state index contributed by atoms with van der Waals surface area (Å²) in [5.74, 6) is -0.607. The molecule has 0 aliphatic carbocycles. The monoisotopic (exact) mass is 445 g/mol. The quantitative estimate of drug-likeness (QED) is 0.357. The standard InChI is InChI=1S/C23H24ClNO4S/c1-4-15-7-9-16(10-8-15)21(5-2)30(27,28)23(29-22(26)6-3)20-14-17-13-18(24)11-12-19(17)25-20/h5,7-14,21,23,25H,2,4,6H2,1,3H3. The zero-order chi connectivity index (χ0) is 21.9. The number of carbonyl (C=O) groups is 1. The van der Waals surface area contributed by atoms with Crippen LogP contribution in [0.3, 0.4) is 0 Å². The zero-order valence-electron chi connectivity index (χ0n) is 16.9. The Bertz CT molecular complexity index is 1170. The van der Waals surface area contributed by atoms with Crippen molar-refractivity contribution in [3.05, 3.63) is 83.0 Å². The van der Waals surface area contributed by atoms with Crippen molar-refractivity contribution in [3.63, 3.8) is 0 Å². The second-order valence-corrected chi connectivity index (χ2v) is 9.52. The third-order valence-electron chi connectivity index (χ3n) is 4.97. The minimum Gasteiger partial charge on any atom is -0.439 e. The van der Waals surface area contributed by atoms with Gasteiger partial charge in [-0.2, -0.15) is 0 Å². The van der Waals surface area contributed by atoms with Crippen molar-refractivity contribution >= 4 is 38.3 Å². The Morgan fingerprint density at radius 3 is 2.47 bits per heavy atom. The highest BCUT2D eigenvalue weighted by Crippen LogP contribution is 2.37. The molecule has 158 valence electrons. The molecule has 0 aliphatic heterocycles. The summed E-state index contributed by atoms with van der Waals surface area (Å²) in [4.78, 5) is 15.2. The molecule has 0 amide bonds. The van der Waals surface area contributed by atoms with Crippen molar-refractivity contribution in [3.8, 4) is 0 Å². The van der Waals surface area contributed by atoms with Gasteiger partial charge in [0.2, 0.25) is 15.3 Å². The summed E-state index contributed by atoms with van der Waals surface area (Å²) in [5.41, 5.74) is 1.14. The molecule has 0 fully saturated rings. The van der Waals surface area contributed by atoms with Crippen molar-refractivity contribution in [2.24, 2.45) is 0 Å². The molecule has 2 atom stereocenters. The van der Waals surface area contributed by atoms with Crippen LogP contribution < -0.4 is 0 Å². The summed E-state index contributed by atoms with van der Waals surface area (Å²) in [6.07, 6.45) is 2.27. The first kappa shape index (κ1) is 22.1. The van der Waals surface area contributed by atoms with E-state index in [2.05, 4.69) is 11.6 Å². The molecule has 0 bridgehead atoms. The van der Waals surface area contributed by atoms with Gasteiger partial charge in [0, 0.05) is 22.3 Å². The molecule has 1 aromatic heterocycles. The lowest BCUT2D eigenvalue weighted by Crippen LogP contribution is -2.24. The first-order valence-corrected chi connectivity index (χ1v) is 11.7. The number of aromatic amines is 1.